The molecule has 0 radical (unpaired) electrons. The van der Waals surface area contributed by atoms with Crippen LogP contribution in [-0.2, 0) is 12.6 Å². The van der Waals surface area contributed by atoms with Crippen LogP contribution in [0.2, 0.25) is 0 Å². The second kappa shape index (κ2) is 8.94. The summed E-state index contributed by atoms with van der Waals surface area (Å²) in [5, 5.41) is 4.64. The molecule has 4 rings (SSSR count). The first-order valence-electron chi connectivity index (χ1n) is 11.5. The first kappa shape index (κ1) is 24.6. The summed E-state index contributed by atoms with van der Waals surface area (Å²) in [6.45, 7) is 6.59. The molecule has 0 aliphatic heterocycles. The number of carbonyl (C=O) groups excluding carboxylic acids is 2. The highest BCUT2D eigenvalue weighted by Crippen LogP contribution is 2.40. The molecule has 9 heteroatoms. The molecule has 0 saturated heterocycles. The Morgan fingerprint density at radius 1 is 1.11 bits per heavy atom. The average Bonchev–Trinajstić information content (AvgIpc) is 3.17. The van der Waals surface area contributed by atoms with Crippen LogP contribution in [0.15, 0.2) is 42.6 Å². The van der Waals surface area contributed by atoms with Gasteiger partial charge in [-0.15, -0.1) is 0 Å². The van der Waals surface area contributed by atoms with Crippen molar-refractivity contribution in [1.82, 2.24) is 19.7 Å². The van der Waals surface area contributed by atoms with Gasteiger partial charge < -0.3 is 4.90 Å². The summed E-state index contributed by atoms with van der Waals surface area (Å²) < 4.78 is 40.7. The molecule has 0 unspecified atom stereocenters. The minimum atomic E-state index is -4.45. The zero-order valence-electron chi connectivity index (χ0n) is 20.1. The molecular weight excluding hydrogens is 457 g/mol. The minimum Gasteiger partial charge on any atom is -0.342 e. The van der Waals surface area contributed by atoms with Crippen LogP contribution in [0.1, 0.15) is 65.6 Å². The maximum absolute atomic E-state index is 13.1. The fourth-order valence-corrected chi connectivity index (χ4v) is 4.45. The molecule has 6 nitrogen and oxygen atoms in total. The largest absolute Gasteiger partial charge is 0.416 e. The molecule has 0 fully saturated rings. The number of alkyl halides is 3. The predicted octanol–water partition coefficient (Wildman–Crippen LogP) is 5.59. The van der Waals surface area contributed by atoms with Gasteiger partial charge in [-0.05, 0) is 42.5 Å². The molecule has 0 bridgehead atoms. The maximum atomic E-state index is 13.1. The monoisotopic (exact) mass is 484 g/mol. The molecule has 2 aromatic heterocycles. The lowest BCUT2D eigenvalue weighted by molar-refractivity contribution is -0.137. The van der Waals surface area contributed by atoms with E-state index in [1.54, 1.807) is 28.8 Å². The number of halogens is 3. The van der Waals surface area contributed by atoms with Crippen LogP contribution in [0.4, 0.5) is 13.2 Å². The van der Waals surface area contributed by atoms with Gasteiger partial charge in [0, 0.05) is 31.8 Å². The fraction of sp³-hybridized carbons (Fsp3) is 0.385. The Hall–Kier alpha value is -3.49. The van der Waals surface area contributed by atoms with Crippen molar-refractivity contribution in [2.75, 3.05) is 13.6 Å². The van der Waals surface area contributed by atoms with E-state index in [9.17, 15) is 22.8 Å². The van der Waals surface area contributed by atoms with Gasteiger partial charge in [0.1, 0.15) is 5.69 Å². The Kier molecular flexibility index (Phi) is 6.29. The van der Waals surface area contributed by atoms with Crippen LogP contribution >= 0.6 is 0 Å². The number of benzene rings is 1. The van der Waals surface area contributed by atoms with E-state index in [1.165, 1.54) is 18.3 Å². The van der Waals surface area contributed by atoms with E-state index in [4.69, 9.17) is 0 Å². The van der Waals surface area contributed by atoms with E-state index in [0.717, 1.165) is 18.6 Å². The standard InChI is InChI=1S/C26H27F3N4O2/c1-5-12-32(4)24(35)17-8-11-21(30-15-17)33-19-13-25(2,3)14-20(34)22(19)23(31-33)16-6-9-18(10-7-16)26(27,28)29/h6-11,15H,5,12-14H2,1-4H3. The van der Waals surface area contributed by atoms with Crippen molar-refractivity contribution < 1.29 is 22.8 Å². The molecule has 1 aromatic carbocycles. The minimum absolute atomic E-state index is 0.106. The number of pyridine rings is 1. The van der Waals surface area contributed by atoms with Crippen LogP contribution < -0.4 is 0 Å². The van der Waals surface area contributed by atoms with E-state index in [2.05, 4.69) is 10.1 Å². The van der Waals surface area contributed by atoms with Gasteiger partial charge >= 0.3 is 6.18 Å². The number of nitrogens with zero attached hydrogens (tertiary/aromatic N) is 4. The lowest BCUT2D eigenvalue weighted by atomic mass is 9.75. The molecule has 0 spiro atoms. The Morgan fingerprint density at radius 3 is 2.37 bits per heavy atom. The molecule has 35 heavy (non-hydrogen) atoms. The molecule has 1 aliphatic carbocycles. The molecule has 184 valence electrons. The third kappa shape index (κ3) is 4.85. The molecule has 3 aromatic rings. The highest BCUT2D eigenvalue weighted by Gasteiger charge is 2.37. The number of fused-ring (bicyclic) bond motifs is 1. The van der Waals surface area contributed by atoms with Gasteiger partial charge in [-0.25, -0.2) is 9.67 Å². The van der Waals surface area contributed by atoms with Gasteiger partial charge in [-0.3, -0.25) is 9.59 Å². The van der Waals surface area contributed by atoms with Crippen molar-refractivity contribution in [3.8, 4) is 17.1 Å². The lowest BCUT2D eigenvalue weighted by Gasteiger charge is -2.29. The second-order valence-electron chi connectivity index (χ2n) is 9.73. The molecule has 0 atom stereocenters. The number of ketones is 1. The van der Waals surface area contributed by atoms with Crippen LogP contribution in [0.5, 0.6) is 0 Å². The van der Waals surface area contributed by atoms with Crippen LogP contribution in [0.25, 0.3) is 17.1 Å². The van der Waals surface area contributed by atoms with Crippen LogP contribution in [0.3, 0.4) is 0 Å². The molecule has 0 N–H and O–H groups in total. The molecule has 1 amide bonds. The van der Waals surface area contributed by atoms with Gasteiger partial charge in [-0.1, -0.05) is 32.9 Å². The van der Waals surface area contributed by atoms with E-state index < -0.39 is 11.7 Å². The summed E-state index contributed by atoms with van der Waals surface area (Å²) in [5.74, 6) is 0.181. The predicted molar refractivity (Wildman–Crippen MR) is 125 cm³/mol. The second-order valence-corrected chi connectivity index (χ2v) is 9.73. The van der Waals surface area contributed by atoms with Crippen molar-refractivity contribution >= 4 is 11.7 Å². The zero-order valence-corrected chi connectivity index (χ0v) is 20.1. The Labute approximate surface area is 201 Å². The zero-order chi connectivity index (χ0) is 25.5. The molecule has 0 saturated carbocycles. The van der Waals surface area contributed by atoms with Gasteiger partial charge in [0.25, 0.3) is 5.91 Å². The van der Waals surface area contributed by atoms with Crippen molar-refractivity contribution in [3.05, 3.63) is 65.0 Å². The third-order valence-corrected chi connectivity index (χ3v) is 6.15. The average molecular weight is 485 g/mol. The van der Waals surface area contributed by atoms with Gasteiger partial charge in [-0.2, -0.15) is 18.3 Å². The Balaban J connectivity index is 1.79. The van der Waals surface area contributed by atoms with E-state index >= 15 is 0 Å². The number of amides is 1. The number of Topliss-reactive ketones (excluding diaryl/α,β-unsaturated/α-hetero) is 1. The summed E-state index contributed by atoms with van der Waals surface area (Å²) in [6.07, 6.45) is -1.28. The van der Waals surface area contributed by atoms with E-state index in [-0.39, 0.29) is 17.1 Å². The highest BCUT2D eigenvalue weighted by molar-refractivity contribution is 6.04. The lowest BCUT2D eigenvalue weighted by Crippen LogP contribution is -2.28. The molecular formula is C26H27F3N4O2. The quantitative estimate of drug-likeness (QED) is 0.474. The SMILES string of the molecule is CCCN(C)C(=O)c1ccc(-n2nc(-c3ccc(C(F)(F)F)cc3)c3c2CC(C)(C)CC3=O)nc1. The topological polar surface area (TPSA) is 68.1 Å². The number of hydrogen-bond donors (Lipinski definition) is 0. The summed E-state index contributed by atoms with van der Waals surface area (Å²) in [4.78, 5) is 31.8. The van der Waals surface area contributed by atoms with Gasteiger partial charge in [0.15, 0.2) is 11.6 Å². The van der Waals surface area contributed by atoms with Crippen molar-refractivity contribution in [2.24, 2.45) is 5.41 Å². The first-order valence-corrected chi connectivity index (χ1v) is 11.5. The Bertz CT molecular complexity index is 1260. The molecule has 1 aliphatic rings. The maximum Gasteiger partial charge on any atom is 0.416 e. The van der Waals surface area contributed by atoms with Gasteiger partial charge in [0.05, 0.1) is 22.4 Å². The van der Waals surface area contributed by atoms with Crippen LogP contribution in [0, 0.1) is 5.41 Å². The van der Waals surface area contributed by atoms with Crippen molar-refractivity contribution in [2.45, 2.75) is 46.2 Å². The number of carbonyl (C=O) groups is 2. The van der Waals surface area contributed by atoms with Crippen molar-refractivity contribution in [3.63, 3.8) is 0 Å². The highest BCUT2D eigenvalue weighted by atomic mass is 19.4. The van der Waals surface area contributed by atoms with Gasteiger partial charge in [0.2, 0.25) is 0 Å². The summed E-state index contributed by atoms with van der Waals surface area (Å²) in [6, 6.07) is 7.98. The Morgan fingerprint density at radius 2 is 1.80 bits per heavy atom. The number of aromatic nitrogens is 3. The van der Waals surface area contributed by atoms with Crippen LogP contribution in [-0.4, -0.2) is 44.9 Å². The van der Waals surface area contributed by atoms with E-state index in [1.807, 2.05) is 20.8 Å². The summed E-state index contributed by atoms with van der Waals surface area (Å²) in [7, 11) is 1.73. The number of hydrogen-bond acceptors (Lipinski definition) is 4. The van der Waals surface area contributed by atoms with E-state index in [0.29, 0.717) is 53.3 Å². The fourth-order valence-electron chi connectivity index (χ4n) is 4.45. The summed E-state index contributed by atoms with van der Waals surface area (Å²) in [5.41, 5.74) is 1.19. The summed E-state index contributed by atoms with van der Waals surface area (Å²) >= 11 is 0. The smallest absolute Gasteiger partial charge is 0.342 e. The van der Waals surface area contributed by atoms with Crippen molar-refractivity contribution in [1.29, 1.82) is 0 Å². The normalized spacial score (nSPS) is 15.1. The number of rotatable bonds is 5. The molecule has 2 heterocycles. The first-order chi connectivity index (χ1) is 16.4. The third-order valence-electron chi connectivity index (χ3n) is 6.15.